The van der Waals surface area contributed by atoms with Gasteiger partial charge in [0, 0.05) is 11.6 Å². The number of phenols is 2. The van der Waals surface area contributed by atoms with Crippen LogP contribution in [0.2, 0.25) is 0 Å². The molecule has 0 atom stereocenters. The van der Waals surface area contributed by atoms with Crippen molar-refractivity contribution in [2.24, 2.45) is 5.10 Å². The monoisotopic (exact) mass is 331 g/mol. The molecule has 1 amide bonds. The lowest BCUT2D eigenvalue weighted by molar-refractivity contribution is -0.386. The number of ether oxygens (including phenoxy) is 1. The molecule has 0 saturated carbocycles. The second-order valence-corrected chi connectivity index (χ2v) is 4.56. The predicted octanol–water partition coefficient (Wildman–Crippen LogP) is 1.78. The van der Waals surface area contributed by atoms with Crippen molar-refractivity contribution in [3.8, 4) is 17.2 Å². The largest absolute Gasteiger partial charge is 0.507 e. The molecule has 0 fully saturated rings. The summed E-state index contributed by atoms with van der Waals surface area (Å²) in [6.45, 7) is 0. The summed E-state index contributed by atoms with van der Waals surface area (Å²) in [6.07, 6.45) is 1.15. The van der Waals surface area contributed by atoms with E-state index < -0.39 is 22.3 Å². The van der Waals surface area contributed by atoms with Crippen molar-refractivity contribution in [2.75, 3.05) is 7.11 Å². The number of phenolic OH excluding ortho intramolecular Hbond substituents is 2. The predicted molar refractivity (Wildman–Crippen MR) is 84.5 cm³/mol. The minimum Gasteiger partial charge on any atom is -0.507 e. The Morgan fingerprint density at radius 2 is 2.04 bits per heavy atom. The first-order valence-electron chi connectivity index (χ1n) is 6.60. The number of hydrogen-bond acceptors (Lipinski definition) is 7. The Labute approximate surface area is 136 Å². The minimum absolute atomic E-state index is 0.0314. The Bertz CT molecular complexity index is 819. The van der Waals surface area contributed by atoms with E-state index in [1.54, 1.807) is 12.1 Å². The molecule has 2 aromatic carbocycles. The number of nitrogens with one attached hydrogen (secondary N) is 1. The third kappa shape index (κ3) is 3.58. The number of nitro groups is 1. The van der Waals surface area contributed by atoms with Crippen molar-refractivity contribution < 1.29 is 24.7 Å². The molecule has 0 aliphatic carbocycles. The molecule has 0 aromatic heterocycles. The molecule has 124 valence electrons. The zero-order chi connectivity index (χ0) is 17.7. The third-order valence-electron chi connectivity index (χ3n) is 3.02. The summed E-state index contributed by atoms with van der Waals surface area (Å²) in [5.74, 6) is -1.55. The Morgan fingerprint density at radius 1 is 1.33 bits per heavy atom. The summed E-state index contributed by atoms with van der Waals surface area (Å²) in [5, 5.41) is 33.8. The number of hydrogen-bond donors (Lipinski definition) is 3. The fraction of sp³-hybridized carbons (Fsp3) is 0.0667. The number of para-hydroxylation sites is 1. The molecule has 0 radical (unpaired) electrons. The van der Waals surface area contributed by atoms with Crippen LogP contribution in [0.3, 0.4) is 0 Å². The highest BCUT2D eigenvalue weighted by atomic mass is 16.6. The molecule has 9 nitrogen and oxygen atoms in total. The van der Waals surface area contributed by atoms with E-state index in [-0.39, 0.29) is 22.6 Å². The summed E-state index contributed by atoms with van der Waals surface area (Å²) in [4.78, 5) is 22.0. The van der Waals surface area contributed by atoms with Gasteiger partial charge in [0.15, 0.2) is 5.75 Å². The van der Waals surface area contributed by atoms with Gasteiger partial charge < -0.3 is 14.9 Å². The van der Waals surface area contributed by atoms with Crippen molar-refractivity contribution in [1.82, 2.24) is 5.43 Å². The number of amides is 1. The van der Waals surface area contributed by atoms with Gasteiger partial charge in [-0.2, -0.15) is 5.10 Å². The van der Waals surface area contributed by atoms with Crippen LogP contribution in [0.15, 0.2) is 41.5 Å². The van der Waals surface area contributed by atoms with Gasteiger partial charge in [0.25, 0.3) is 5.91 Å². The van der Waals surface area contributed by atoms with Gasteiger partial charge in [0.2, 0.25) is 5.75 Å². The summed E-state index contributed by atoms with van der Waals surface area (Å²) in [7, 11) is 1.25. The molecule has 0 saturated heterocycles. The number of carbonyl (C=O) groups is 1. The van der Waals surface area contributed by atoms with Crippen LogP contribution in [0.25, 0.3) is 0 Å². The van der Waals surface area contributed by atoms with Crippen LogP contribution < -0.4 is 10.2 Å². The first-order chi connectivity index (χ1) is 11.4. The summed E-state index contributed by atoms with van der Waals surface area (Å²) < 4.78 is 4.85. The highest BCUT2D eigenvalue weighted by Gasteiger charge is 2.19. The van der Waals surface area contributed by atoms with E-state index in [1.807, 2.05) is 0 Å². The number of nitro benzene ring substituents is 1. The smallest absolute Gasteiger partial charge is 0.315 e. The molecule has 3 N–H and O–H groups in total. The van der Waals surface area contributed by atoms with E-state index >= 15 is 0 Å². The van der Waals surface area contributed by atoms with Crippen molar-refractivity contribution in [3.05, 3.63) is 57.6 Å². The Morgan fingerprint density at radius 3 is 2.67 bits per heavy atom. The number of rotatable bonds is 5. The average Bonchev–Trinajstić information content (AvgIpc) is 2.56. The van der Waals surface area contributed by atoms with E-state index in [2.05, 4.69) is 10.5 Å². The number of benzene rings is 2. The normalized spacial score (nSPS) is 10.5. The molecule has 0 bridgehead atoms. The fourth-order valence-corrected chi connectivity index (χ4v) is 1.87. The van der Waals surface area contributed by atoms with Crippen LogP contribution in [0, 0.1) is 10.1 Å². The maximum Gasteiger partial charge on any atom is 0.315 e. The average molecular weight is 331 g/mol. The van der Waals surface area contributed by atoms with E-state index in [0.717, 1.165) is 12.3 Å². The highest BCUT2D eigenvalue weighted by molar-refractivity contribution is 5.97. The number of carbonyl (C=O) groups excluding carboxylic acids is 1. The van der Waals surface area contributed by atoms with Crippen LogP contribution in [0.1, 0.15) is 15.9 Å². The van der Waals surface area contributed by atoms with Crippen molar-refractivity contribution >= 4 is 17.8 Å². The maximum atomic E-state index is 11.9. The van der Waals surface area contributed by atoms with Crippen molar-refractivity contribution in [2.45, 2.75) is 0 Å². The van der Waals surface area contributed by atoms with Gasteiger partial charge >= 0.3 is 5.69 Å². The lowest BCUT2D eigenvalue weighted by Gasteiger charge is -2.05. The van der Waals surface area contributed by atoms with Gasteiger partial charge in [-0.1, -0.05) is 12.1 Å². The van der Waals surface area contributed by atoms with Gasteiger partial charge in [0.1, 0.15) is 5.75 Å². The molecule has 24 heavy (non-hydrogen) atoms. The van der Waals surface area contributed by atoms with E-state index in [1.165, 1.54) is 25.3 Å². The van der Waals surface area contributed by atoms with Gasteiger partial charge in [-0.3, -0.25) is 14.9 Å². The molecule has 0 aliphatic heterocycles. The van der Waals surface area contributed by atoms with Crippen LogP contribution >= 0.6 is 0 Å². The molecule has 0 aliphatic rings. The first kappa shape index (κ1) is 16.7. The van der Waals surface area contributed by atoms with Gasteiger partial charge in [-0.25, -0.2) is 5.43 Å². The third-order valence-corrected chi connectivity index (χ3v) is 3.02. The second-order valence-electron chi connectivity index (χ2n) is 4.56. The van der Waals surface area contributed by atoms with Crippen molar-refractivity contribution in [1.29, 1.82) is 0 Å². The summed E-state index contributed by atoms with van der Waals surface area (Å²) >= 11 is 0. The van der Waals surface area contributed by atoms with Crippen molar-refractivity contribution in [3.63, 3.8) is 0 Å². The minimum atomic E-state index is -0.768. The van der Waals surface area contributed by atoms with Gasteiger partial charge in [-0.15, -0.1) is 0 Å². The number of hydrazone groups is 1. The quantitative estimate of drug-likeness (QED) is 0.434. The maximum absolute atomic E-state index is 11.9. The molecule has 2 aromatic rings. The molecular weight excluding hydrogens is 318 g/mol. The Balaban J connectivity index is 2.20. The molecule has 0 unspecified atom stereocenters. The zero-order valence-electron chi connectivity index (χ0n) is 12.5. The van der Waals surface area contributed by atoms with Gasteiger partial charge in [-0.05, 0) is 18.2 Å². The first-order valence-corrected chi connectivity index (χ1v) is 6.60. The lowest BCUT2D eigenvalue weighted by atomic mass is 10.2. The number of aromatic hydroxyl groups is 2. The number of nitrogens with zero attached hydrogens (tertiary/aromatic N) is 2. The van der Waals surface area contributed by atoms with E-state index in [4.69, 9.17) is 4.74 Å². The topological polar surface area (TPSA) is 134 Å². The van der Waals surface area contributed by atoms with Crippen LogP contribution in [0.4, 0.5) is 5.69 Å². The van der Waals surface area contributed by atoms with Crippen LogP contribution in [-0.4, -0.2) is 34.4 Å². The molecular formula is C15H13N3O6. The molecule has 2 rings (SSSR count). The van der Waals surface area contributed by atoms with Crippen LogP contribution in [-0.2, 0) is 0 Å². The Hall–Kier alpha value is -3.62. The standard InChI is InChI=1S/C15H13N3O6/c1-24-13-7-9(6-11(14(13)20)18(22)23)8-16-17-15(21)10-4-2-3-5-12(10)19/h2-8,19-20H,1H3,(H,17,21)/b16-8+. The SMILES string of the molecule is COc1cc(/C=N/NC(=O)c2ccccc2O)cc([N+](=O)[O-])c1O. The lowest BCUT2D eigenvalue weighted by Crippen LogP contribution is -2.17. The summed E-state index contributed by atoms with van der Waals surface area (Å²) in [6, 6.07) is 8.30. The van der Waals surface area contributed by atoms with E-state index in [9.17, 15) is 25.1 Å². The molecule has 0 heterocycles. The second kappa shape index (κ2) is 7.09. The van der Waals surface area contributed by atoms with Crippen LogP contribution in [0.5, 0.6) is 17.2 Å². The van der Waals surface area contributed by atoms with Gasteiger partial charge in [0.05, 0.1) is 23.8 Å². The highest BCUT2D eigenvalue weighted by Crippen LogP contribution is 2.36. The zero-order valence-corrected chi connectivity index (χ0v) is 12.5. The fourth-order valence-electron chi connectivity index (χ4n) is 1.87. The van der Waals surface area contributed by atoms with E-state index in [0.29, 0.717) is 0 Å². The number of methoxy groups -OCH3 is 1. The Kier molecular flexibility index (Phi) is 4.95. The molecule has 9 heteroatoms. The molecule has 0 spiro atoms. The summed E-state index contributed by atoms with van der Waals surface area (Å²) in [5.41, 5.74) is 1.90.